The van der Waals surface area contributed by atoms with Crippen molar-refractivity contribution in [1.82, 2.24) is 34.6 Å². The molecule has 1 N–H and O–H groups in total. The fourth-order valence-corrected chi connectivity index (χ4v) is 4.35. The first-order valence-electron chi connectivity index (χ1n) is 11.0. The van der Waals surface area contributed by atoms with Gasteiger partial charge in [-0.2, -0.15) is 5.10 Å². The van der Waals surface area contributed by atoms with Crippen molar-refractivity contribution < 1.29 is 4.79 Å². The van der Waals surface area contributed by atoms with Gasteiger partial charge in [0.1, 0.15) is 5.69 Å². The van der Waals surface area contributed by atoms with E-state index in [9.17, 15) is 4.79 Å². The maximum atomic E-state index is 13.6. The zero-order valence-corrected chi connectivity index (χ0v) is 20.2. The van der Waals surface area contributed by atoms with E-state index in [2.05, 4.69) is 15.1 Å². The number of carbonyl (C=O) groups is 1. The molecule has 5 aromatic rings. The number of rotatable bonds is 5. The van der Waals surface area contributed by atoms with E-state index in [1.165, 1.54) is 0 Å². The van der Waals surface area contributed by atoms with E-state index >= 15 is 0 Å². The quantitative estimate of drug-likeness (QED) is 0.390. The van der Waals surface area contributed by atoms with E-state index in [0.717, 1.165) is 40.0 Å². The van der Waals surface area contributed by atoms with Crippen LogP contribution in [0.5, 0.6) is 0 Å². The van der Waals surface area contributed by atoms with Gasteiger partial charge < -0.3 is 9.88 Å². The van der Waals surface area contributed by atoms with Crippen molar-refractivity contribution >= 4 is 39.4 Å². The van der Waals surface area contributed by atoms with Crippen LogP contribution in [0.25, 0.3) is 33.3 Å². The highest BCUT2D eigenvalue weighted by molar-refractivity contribution is 6.31. The minimum atomic E-state index is -0.210. The molecule has 0 aliphatic carbocycles. The van der Waals surface area contributed by atoms with Crippen LogP contribution in [-0.2, 0) is 13.1 Å². The number of hydrogen-bond donors (Lipinski definition) is 1. The molecule has 0 spiro atoms. The normalized spacial score (nSPS) is 11.4. The Balaban J connectivity index is 1.61. The molecule has 0 saturated carbocycles. The van der Waals surface area contributed by atoms with Crippen molar-refractivity contribution in [3.63, 3.8) is 0 Å². The first kappa shape index (κ1) is 22.0. The zero-order valence-electron chi connectivity index (χ0n) is 19.4. The van der Waals surface area contributed by atoms with Crippen molar-refractivity contribution in [3.05, 3.63) is 70.4 Å². The molecule has 5 rings (SSSR count). The molecule has 0 unspecified atom stereocenters. The smallest absolute Gasteiger partial charge is 0.273 e. The molecule has 0 bridgehead atoms. The maximum Gasteiger partial charge on any atom is 0.273 e. The Morgan fingerprint density at radius 1 is 1.15 bits per heavy atom. The van der Waals surface area contributed by atoms with E-state index in [1.807, 2.05) is 49.8 Å². The molecule has 0 atom stereocenters. The van der Waals surface area contributed by atoms with Crippen LogP contribution in [-0.4, -0.2) is 47.6 Å². The van der Waals surface area contributed by atoms with Crippen molar-refractivity contribution in [2.24, 2.45) is 0 Å². The van der Waals surface area contributed by atoms with Gasteiger partial charge in [-0.3, -0.25) is 9.48 Å². The van der Waals surface area contributed by atoms with Gasteiger partial charge in [-0.1, -0.05) is 11.6 Å². The molecule has 0 fully saturated rings. The van der Waals surface area contributed by atoms with Crippen LogP contribution in [0.2, 0.25) is 5.02 Å². The standard InChI is InChI=1S/C25H24ClN7O/c1-5-33-15(3)16(11-29-33)12-32(4)25(34)23-19-9-17(26)6-7-20(19)30-24(31-23)18-10-22-21(8-14(18)2)27-13-28-22/h6-11,13H,5,12H2,1-4H3,(H,27,28). The van der Waals surface area contributed by atoms with E-state index in [-0.39, 0.29) is 5.91 Å². The van der Waals surface area contributed by atoms with Gasteiger partial charge in [-0.05, 0) is 56.7 Å². The van der Waals surface area contributed by atoms with Crippen LogP contribution in [0.1, 0.15) is 34.2 Å². The second-order valence-corrected chi connectivity index (χ2v) is 8.81. The number of aromatic nitrogens is 6. The van der Waals surface area contributed by atoms with E-state index in [0.29, 0.717) is 34.0 Å². The Kier molecular flexibility index (Phi) is 5.53. The number of imidazole rings is 1. The van der Waals surface area contributed by atoms with Crippen molar-refractivity contribution in [2.75, 3.05) is 7.05 Å². The molecular weight excluding hydrogens is 450 g/mol. The lowest BCUT2D eigenvalue weighted by Gasteiger charge is -2.18. The molecule has 1 amide bonds. The molecular formula is C25H24ClN7O. The average Bonchev–Trinajstić information content (AvgIpc) is 3.43. The van der Waals surface area contributed by atoms with Crippen LogP contribution >= 0.6 is 11.6 Å². The lowest BCUT2D eigenvalue weighted by Crippen LogP contribution is -2.28. The summed E-state index contributed by atoms with van der Waals surface area (Å²) < 4.78 is 1.92. The summed E-state index contributed by atoms with van der Waals surface area (Å²) in [4.78, 5) is 32.3. The Hall–Kier alpha value is -3.78. The number of nitrogens with zero attached hydrogens (tertiary/aromatic N) is 6. The average molecular weight is 474 g/mol. The third-order valence-corrected chi connectivity index (χ3v) is 6.36. The third kappa shape index (κ3) is 3.80. The minimum Gasteiger partial charge on any atom is -0.345 e. The third-order valence-electron chi connectivity index (χ3n) is 6.13. The number of nitrogens with one attached hydrogen (secondary N) is 1. The summed E-state index contributed by atoms with van der Waals surface area (Å²) in [5.74, 6) is 0.266. The van der Waals surface area contributed by atoms with Crippen molar-refractivity contribution in [3.8, 4) is 11.4 Å². The van der Waals surface area contributed by atoms with Gasteiger partial charge in [-0.25, -0.2) is 15.0 Å². The second kappa shape index (κ2) is 8.53. The number of benzene rings is 2. The molecule has 3 aromatic heterocycles. The Labute approximate surface area is 201 Å². The second-order valence-electron chi connectivity index (χ2n) is 8.38. The molecule has 3 heterocycles. The molecule has 0 aliphatic rings. The lowest BCUT2D eigenvalue weighted by molar-refractivity contribution is 0.0781. The summed E-state index contributed by atoms with van der Waals surface area (Å²) in [5.41, 5.74) is 6.57. The van der Waals surface area contributed by atoms with Crippen LogP contribution < -0.4 is 0 Å². The number of aromatic amines is 1. The van der Waals surface area contributed by atoms with Gasteiger partial charge in [0.05, 0.1) is 29.1 Å². The Morgan fingerprint density at radius 3 is 2.74 bits per heavy atom. The van der Waals surface area contributed by atoms with Gasteiger partial charge in [-0.15, -0.1) is 0 Å². The van der Waals surface area contributed by atoms with Gasteiger partial charge in [0.25, 0.3) is 5.91 Å². The van der Waals surface area contributed by atoms with Crippen LogP contribution in [0, 0.1) is 13.8 Å². The number of halogens is 1. The molecule has 9 heteroatoms. The lowest BCUT2D eigenvalue weighted by atomic mass is 10.1. The van der Waals surface area contributed by atoms with Gasteiger partial charge in [0, 0.05) is 47.4 Å². The summed E-state index contributed by atoms with van der Waals surface area (Å²) in [6.07, 6.45) is 3.47. The highest BCUT2D eigenvalue weighted by Crippen LogP contribution is 2.29. The molecule has 34 heavy (non-hydrogen) atoms. The molecule has 0 radical (unpaired) electrons. The Morgan fingerprint density at radius 2 is 1.97 bits per heavy atom. The predicted molar refractivity (Wildman–Crippen MR) is 133 cm³/mol. The first-order chi connectivity index (χ1) is 16.4. The topological polar surface area (TPSA) is 92.6 Å². The summed E-state index contributed by atoms with van der Waals surface area (Å²) in [6.45, 7) is 7.24. The molecule has 172 valence electrons. The molecule has 2 aromatic carbocycles. The number of aryl methyl sites for hydroxylation is 2. The van der Waals surface area contributed by atoms with E-state index in [4.69, 9.17) is 21.6 Å². The summed E-state index contributed by atoms with van der Waals surface area (Å²) in [5, 5.41) is 5.53. The molecule has 0 saturated heterocycles. The maximum absolute atomic E-state index is 13.6. The van der Waals surface area contributed by atoms with Crippen LogP contribution in [0.15, 0.2) is 42.9 Å². The summed E-state index contributed by atoms with van der Waals surface area (Å²) >= 11 is 6.28. The number of hydrogen-bond acceptors (Lipinski definition) is 5. The predicted octanol–water partition coefficient (Wildman–Crippen LogP) is 4.93. The Bertz CT molecular complexity index is 1550. The van der Waals surface area contributed by atoms with E-state index in [1.54, 1.807) is 30.4 Å². The number of amides is 1. The largest absolute Gasteiger partial charge is 0.345 e. The SMILES string of the molecule is CCn1ncc(CN(C)C(=O)c2nc(-c3cc4nc[nH]c4cc3C)nc3ccc(Cl)cc23)c1C. The fraction of sp³-hybridized carbons (Fsp3) is 0.240. The van der Waals surface area contributed by atoms with Gasteiger partial charge in [0.15, 0.2) is 5.82 Å². The highest BCUT2D eigenvalue weighted by Gasteiger charge is 2.22. The highest BCUT2D eigenvalue weighted by atomic mass is 35.5. The van der Waals surface area contributed by atoms with Crippen molar-refractivity contribution in [1.29, 1.82) is 0 Å². The van der Waals surface area contributed by atoms with Crippen molar-refractivity contribution in [2.45, 2.75) is 33.9 Å². The summed E-state index contributed by atoms with van der Waals surface area (Å²) in [6, 6.07) is 9.28. The van der Waals surface area contributed by atoms with Crippen LogP contribution in [0.4, 0.5) is 0 Å². The van der Waals surface area contributed by atoms with Gasteiger partial charge >= 0.3 is 0 Å². The minimum absolute atomic E-state index is 0.210. The monoisotopic (exact) mass is 473 g/mol. The van der Waals surface area contributed by atoms with E-state index < -0.39 is 0 Å². The molecule has 8 nitrogen and oxygen atoms in total. The zero-order chi connectivity index (χ0) is 24.0. The van der Waals surface area contributed by atoms with Crippen LogP contribution in [0.3, 0.4) is 0 Å². The number of H-pyrrole nitrogens is 1. The summed E-state index contributed by atoms with van der Waals surface area (Å²) in [7, 11) is 1.77. The fourth-order valence-electron chi connectivity index (χ4n) is 4.18. The number of fused-ring (bicyclic) bond motifs is 2. The first-order valence-corrected chi connectivity index (χ1v) is 11.4. The molecule has 0 aliphatic heterocycles. The van der Waals surface area contributed by atoms with Gasteiger partial charge in [0.2, 0.25) is 0 Å². The number of carbonyl (C=O) groups excluding carboxylic acids is 1.